The molecule has 0 spiro atoms. The van der Waals surface area contributed by atoms with E-state index in [1.54, 1.807) is 11.7 Å². The van der Waals surface area contributed by atoms with Gasteiger partial charge in [-0.15, -0.1) is 5.10 Å². The highest BCUT2D eigenvalue weighted by atomic mass is 16.5. The quantitative estimate of drug-likeness (QED) is 0.587. The van der Waals surface area contributed by atoms with Crippen LogP contribution in [0.15, 0.2) is 12.1 Å². The molecule has 2 N–H and O–H groups in total. The predicted molar refractivity (Wildman–Crippen MR) is 119 cm³/mol. The average Bonchev–Trinajstić information content (AvgIpc) is 3.15. The van der Waals surface area contributed by atoms with Crippen molar-refractivity contribution in [1.82, 2.24) is 25.3 Å². The molecule has 0 aromatic carbocycles. The summed E-state index contributed by atoms with van der Waals surface area (Å²) >= 11 is 0. The maximum absolute atomic E-state index is 12.1. The number of carbonyl (C=O) groups is 2. The van der Waals surface area contributed by atoms with Crippen molar-refractivity contribution >= 4 is 12.1 Å². The molecule has 10 nitrogen and oxygen atoms in total. The number of aromatic nitrogens is 4. The Bertz CT molecular complexity index is 1030. The Balaban J connectivity index is 1.37. The van der Waals surface area contributed by atoms with Gasteiger partial charge in [0.1, 0.15) is 11.4 Å². The van der Waals surface area contributed by atoms with Gasteiger partial charge in [0, 0.05) is 18.9 Å². The number of rotatable bonds is 9. The predicted octanol–water partition coefficient (Wildman–Crippen LogP) is 3.23. The molecule has 2 aromatic heterocycles. The summed E-state index contributed by atoms with van der Waals surface area (Å²) in [6, 6.07) is 3.68. The van der Waals surface area contributed by atoms with Crippen molar-refractivity contribution in [2.24, 2.45) is 18.4 Å². The van der Waals surface area contributed by atoms with Crippen molar-refractivity contribution in [3.05, 3.63) is 23.5 Å². The van der Waals surface area contributed by atoms with Crippen LogP contribution in [0.1, 0.15) is 56.8 Å². The Morgan fingerprint density at radius 2 is 2.09 bits per heavy atom. The van der Waals surface area contributed by atoms with Crippen LogP contribution in [-0.4, -0.2) is 49.9 Å². The van der Waals surface area contributed by atoms with Gasteiger partial charge in [-0.1, -0.05) is 12.1 Å². The summed E-state index contributed by atoms with van der Waals surface area (Å²) in [4.78, 5) is 27.7. The Kier molecular flexibility index (Phi) is 6.53. The second kappa shape index (κ2) is 9.36. The number of ether oxygens (including phenoxy) is 2. The number of aryl methyl sites for hydroxylation is 2. The molecule has 2 saturated carbocycles. The number of carboxylic acids is 1. The van der Waals surface area contributed by atoms with Crippen LogP contribution in [0.5, 0.6) is 5.75 Å². The summed E-state index contributed by atoms with van der Waals surface area (Å²) in [5.41, 5.74) is 2.80. The highest BCUT2D eigenvalue weighted by Crippen LogP contribution is 2.44. The molecule has 0 radical (unpaired) electrons. The molecule has 2 aliphatic carbocycles. The topological polar surface area (TPSA) is 128 Å². The largest absolute Gasteiger partial charge is 0.489 e. The van der Waals surface area contributed by atoms with E-state index in [0.29, 0.717) is 23.7 Å². The van der Waals surface area contributed by atoms with Crippen molar-refractivity contribution in [3.8, 4) is 17.1 Å². The summed E-state index contributed by atoms with van der Waals surface area (Å²) in [5.74, 6) is 0.0801. The number of amides is 1. The summed E-state index contributed by atoms with van der Waals surface area (Å²) in [5, 5.41) is 20.1. The molecular formula is C23H31N5O5. The van der Waals surface area contributed by atoms with Crippen LogP contribution in [0.3, 0.4) is 0 Å². The minimum absolute atomic E-state index is 0.000823. The highest BCUT2D eigenvalue weighted by Gasteiger charge is 2.38. The zero-order valence-electron chi connectivity index (χ0n) is 19.3. The minimum Gasteiger partial charge on any atom is -0.489 e. The first kappa shape index (κ1) is 23.0. The number of nitrogens with zero attached hydrogens (tertiary/aromatic N) is 4. The molecule has 10 heteroatoms. The van der Waals surface area contributed by atoms with Gasteiger partial charge in [0.2, 0.25) is 0 Å². The maximum atomic E-state index is 12.1. The lowest BCUT2D eigenvalue weighted by atomic mass is 10.0. The van der Waals surface area contributed by atoms with Gasteiger partial charge in [0.05, 0.1) is 36.3 Å². The van der Waals surface area contributed by atoms with Gasteiger partial charge in [-0.3, -0.25) is 4.79 Å². The first-order valence-corrected chi connectivity index (χ1v) is 11.4. The zero-order chi connectivity index (χ0) is 23.6. The lowest BCUT2D eigenvalue weighted by molar-refractivity contribution is -0.138. The third kappa shape index (κ3) is 5.80. The van der Waals surface area contributed by atoms with Gasteiger partial charge >= 0.3 is 12.1 Å². The number of hydrogen-bond acceptors (Lipinski definition) is 7. The van der Waals surface area contributed by atoms with E-state index in [4.69, 9.17) is 14.6 Å². The first-order chi connectivity index (χ1) is 15.7. The van der Waals surface area contributed by atoms with Crippen LogP contribution in [-0.2, 0) is 23.1 Å². The van der Waals surface area contributed by atoms with E-state index in [9.17, 15) is 9.59 Å². The van der Waals surface area contributed by atoms with Crippen LogP contribution in [0.2, 0.25) is 0 Å². The van der Waals surface area contributed by atoms with Crippen LogP contribution in [0.4, 0.5) is 4.79 Å². The second-order valence-electron chi connectivity index (χ2n) is 9.55. The summed E-state index contributed by atoms with van der Waals surface area (Å²) in [6.07, 6.45) is 4.35. The normalized spacial score (nSPS) is 20.9. The second-order valence-corrected chi connectivity index (χ2v) is 9.55. The number of carboxylic acid groups (broad SMARTS) is 1. The van der Waals surface area contributed by atoms with Crippen LogP contribution >= 0.6 is 0 Å². The average molecular weight is 458 g/mol. The van der Waals surface area contributed by atoms with E-state index in [1.807, 2.05) is 19.1 Å². The summed E-state index contributed by atoms with van der Waals surface area (Å²) in [6.45, 7) is 4.62. The lowest BCUT2D eigenvalue weighted by Gasteiger charge is -2.16. The van der Waals surface area contributed by atoms with Crippen LogP contribution in [0, 0.1) is 18.3 Å². The number of pyridine rings is 1. The van der Waals surface area contributed by atoms with E-state index < -0.39 is 12.1 Å². The van der Waals surface area contributed by atoms with Gasteiger partial charge in [-0.25, -0.2) is 14.5 Å². The molecule has 2 aliphatic rings. The van der Waals surface area contributed by atoms with Crippen molar-refractivity contribution < 1.29 is 24.2 Å². The molecule has 33 heavy (non-hydrogen) atoms. The Hall–Kier alpha value is -3.17. The van der Waals surface area contributed by atoms with Gasteiger partial charge in [-0.05, 0) is 57.1 Å². The molecule has 178 valence electrons. The molecule has 2 fully saturated rings. The third-order valence-corrected chi connectivity index (χ3v) is 6.53. The molecule has 2 atom stereocenters. The Morgan fingerprint density at radius 1 is 1.30 bits per heavy atom. The number of carbonyl (C=O) groups excluding carboxylic acids is 1. The number of alkyl carbamates (subject to hydrolysis) is 1. The standard InChI is InChI=1S/C23H31N5O5/c1-14-19(33-16-5-4-15(10-16)11-20(29)30)7-6-17(25-14)21-18(28(3)27-26-21)12-24-22(31)32-13-23(2)8-9-23/h6-7,15-16H,4-5,8-13H2,1-3H3,(H,24,31)(H,29,30)/t15-,16-/m0/s1. The molecule has 2 heterocycles. The fourth-order valence-electron chi connectivity index (χ4n) is 4.13. The van der Waals surface area contributed by atoms with Gasteiger partial charge < -0.3 is 19.9 Å². The summed E-state index contributed by atoms with van der Waals surface area (Å²) < 4.78 is 13.0. The van der Waals surface area contributed by atoms with E-state index in [2.05, 4.69) is 27.5 Å². The molecule has 0 bridgehead atoms. The molecule has 0 aliphatic heterocycles. The first-order valence-electron chi connectivity index (χ1n) is 11.4. The lowest BCUT2D eigenvalue weighted by Crippen LogP contribution is -2.27. The number of aliphatic carboxylic acids is 1. The number of hydrogen-bond donors (Lipinski definition) is 2. The van der Waals surface area contributed by atoms with E-state index in [1.165, 1.54) is 0 Å². The Morgan fingerprint density at radius 3 is 2.79 bits per heavy atom. The van der Waals surface area contributed by atoms with Crippen LogP contribution < -0.4 is 10.1 Å². The highest BCUT2D eigenvalue weighted by molar-refractivity contribution is 5.68. The molecule has 2 aromatic rings. The van der Waals surface area contributed by atoms with Gasteiger partial charge in [0.25, 0.3) is 0 Å². The van der Waals surface area contributed by atoms with Crippen molar-refractivity contribution in [2.45, 2.75) is 65.0 Å². The number of nitrogens with one attached hydrogen (secondary N) is 1. The molecule has 0 saturated heterocycles. The monoisotopic (exact) mass is 457 g/mol. The van der Waals surface area contributed by atoms with Crippen LogP contribution in [0.25, 0.3) is 11.4 Å². The fraction of sp³-hybridized carbons (Fsp3) is 0.609. The fourth-order valence-corrected chi connectivity index (χ4v) is 4.13. The SMILES string of the molecule is Cc1nc(-c2nnn(C)c2CNC(=O)OCC2(C)CC2)ccc1O[C@H]1CC[C@H](CC(=O)O)C1. The van der Waals surface area contributed by atoms with Gasteiger partial charge in [-0.2, -0.15) is 0 Å². The molecule has 4 rings (SSSR count). The van der Waals surface area contributed by atoms with Crippen molar-refractivity contribution in [2.75, 3.05) is 6.61 Å². The summed E-state index contributed by atoms with van der Waals surface area (Å²) in [7, 11) is 1.77. The molecule has 0 unspecified atom stereocenters. The van der Waals surface area contributed by atoms with Crippen molar-refractivity contribution in [3.63, 3.8) is 0 Å². The van der Waals surface area contributed by atoms with Crippen molar-refractivity contribution in [1.29, 1.82) is 0 Å². The van der Waals surface area contributed by atoms with E-state index in [0.717, 1.165) is 43.5 Å². The Labute approximate surface area is 192 Å². The molecule has 1 amide bonds. The van der Waals surface area contributed by atoms with Gasteiger partial charge in [0.15, 0.2) is 0 Å². The van der Waals surface area contributed by atoms with E-state index in [-0.39, 0.29) is 30.4 Å². The smallest absolute Gasteiger partial charge is 0.407 e. The third-order valence-electron chi connectivity index (χ3n) is 6.53. The molecular weight excluding hydrogens is 426 g/mol. The maximum Gasteiger partial charge on any atom is 0.407 e. The van der Waals surface area contributed by atoms with E-state index >= 15 is 0 Å². The zero-order valence-corrected chi connectivity index (χ0v) is 19.3. The minimum atomic E-state index is -0.762.